The number of fused-ring (bicyclic) bond motifs is 5. The second-order valence-corrected chi connectivity index (χ2v) is 20.9. The fourth-order valence-electron chi connectivity index (χ4n) is 12.5. The number of ether oxygens (including phenoxy) is 2. The molecule has 9 N–H and O–H groups in total. The molecule has 55 heavy (non-hydrogen) atoms. The SMILES string of the molecule is O=C1C2CCCC3OC4OC(CO)C(O)C(O)(CC5(CCCC5)C5CC[NH2+]C(C5)NCSSCC5(C(=O)C32)C(O)=CC(CC2CCCC(CO)C2)=CC15)C4O. The molecule has 2 spiro atoms. The Morgan fingerprint density at radius 2 is 1.69 bits per heavy atom. The highest BCUT2D eigenvalue weighted by molar-refractivity contribution is 8.76. The Balaban J connectivity index is 1.14. The summed E-state index contributed by atoms with van der Waals surface area (Å²) in [4.78, 5) is 30.1. The monoisotopic (exact) mass is 807 g/mol. The number of allylic oxidation sites excluding steroid dienone is 4. The van der Waals surface area contributed by atoms with Crippen LogP contribution in [0.2, 0.25) is 0 Å². The van der Waals surface area contributed by atoms with Gasteiger partial charge < -0.3 is 45.4 Å². The fraction of sp³-hybridized carbons (Fsp3) is 0.854. The largest absolute Gasteiger partial charge is 0.511 e. The maximum absolute atomic E-state index is 15.3. The molecule has 4 saturated carbocycles. The van der Waals surface area contributed by atoms with Gasteiger partial charge in [0.15, 0.2) is 12.1 Å². The maximum Gasteiger partial charge on any atom is 0.187 e. The van der Waals surface area contributed by atoms with Gasteiger partial charge in [0.2, 0.25) is 0 Å². The number of rotatable bonds is 4. The highest BCUT2D eigenvalue weighted by Crippen LogP contribution is 2.58. The first-order valence-electron chi connectivity index (χ1n) is 21.1. The molecule has 3 heterocycles. The van der Waals surface area contributed by atoms with Crippen LogP contribution in [0.25, 0.3) is 0 Å². The standard InChI is InChI=1S/C41H62N2O10S2/c44-18-24-6-3-5-23(13-24)14-25-15-28-34(47)27-7-4-8-29-33(27)36(49)40(28,31(46)16-25)21-54-55-22-43-32-17-26(9-12-42-32)39(10-1-2-11-39)20-41(51)35(48)30(19-45)53-38(52-29)37(41)50/h15-16,23-24,26-30,32-33,35,37-38,42-46,48,50-51H,1-14,17-22H2/p+1. The fourth-order valence-corrected chi connectivity index (χ4v) is 14.9. The molecule has 14 heteroatoms. The van der Waals surface area contributed by atoms with Crippen molar-refractivity contribution < 1.29 is 55.0 Å². The first-order valence-corrected chi connectivity index (χ1v) is 23.6. The number of quaternary nitrogens is 1. The molecule has 0 aromatic carbocycles. The van der Waals surface area contributed by atoms with Crippen molar-refractivity contribution in [2.75, 3.05) is 31.4 Å². The van der Waals surface area contributed by atoms with E-state index in [1.54, 1.807) is 16.9 Å². The van der Waals surface area contributed by atoms with Crippen molar-refractivity contribution >= 4 is 33.2 Å². The first-order chi connectivity index (χ1) is 26.5. The number of nitrogens with two attached hydrogens (primary N) is 1. The third kappa shape index (κ3) is 7.33. The van der Waals surface area contributed by atoms with E-state index in [0.29, 0.717) is 37.5 Å². The number of carbonyl (C=O) groups excluding carboxylic acids is 2. The van der Waals surface area contributed by atoms with Crippen LogP contribution in [0.4, 0.5) is 0 Å². The van der Waals surface area contributed by atoms with E-state index in [1.165, 1.54) is 10.8 Å². The molecule has 12 nitrogen and oxygen atoms in total. The van der Waals surface area contributed by atoms with E-state index in [1.807, 2.05) is 6.08 Å². The molecule has 0 radical (unpaired) electrons. The van der Waals surface area contributed by atoms with Gasteiger partial charge in [0.1, 0.15) is 47.0 Å². The normalized spacial score (nSPS) is 46.6. The van der Waals surface area contributed by atoms with Crippen molar-refractivity contribution in [2.24, 2.45) is 46.3 Å². The molecule has 14 unspecified atom stereocenters. The zero-order chi connectivity index (χ0) is 38.5. The summed E-state index contributed by atoms with van der Waals surface area (Å²) in [7, 11) is 3.10. The van der Waals surface area contributed by atoms with Crippen LogP contribution in [-0.2, 0) is 19.1 Å². The predicted octanol–water partition coefficient (Wildman–Crippen LogP) is 2.48. The second-order valence-electron chi connectivity index (χ2n) is 18.4. The first kappa shape index (κ1) is 40.7. The number of ketones is 2. The van der Waals surface area contributed by atoms with Crippen molar-refractivity contribution in [1.82, 2.24) is 5.32 Å². The molecular formula is C41H63N2O10S2+. The molecule has 0 amide bonds. The van der Waals surface area contributed by atoms with Crippen LogP contribution in [0.15, 0.2) is 23.5 Å². The molecule has 3 saturated heterocycles. The van der Waals surface area contributed by atoms with Crippen LogP contribution in [0.3, 0.4) is 0 Å². The second kappa shape index (κ2) is 16.5. The Morgan fingerprint density at radius 1 is 0.909 bits per heavy atom. The Bertz CT molecular complexity index is 1490. The number of hydrogen-bond acceptors (Lipinski definition) is 13. The summed E-state index contributed by atoms with van der Waals surface area (Å²) < 4.78 is 12.6. The lowest BCUT2D eigenvalue weighted by atomic mass is 9.52. The highest BCUT2D eigenvalue weighted by atomic mass is 33.1. The van der Waals surface area contributed by atoms with Crippen LogP contribution < -0.4 is 10.6 Å². The summed E-state index contributed by atoms with van der Waals surface area (Å²) >= 11 is 0. The molecule has 8 aliphatic rings. The van der Waals surface area contributed by atoms with E-state index in [2.05, 4.69) is 10.6 Å². The van der Waals surface area contributed by atoms with Crippen LogP contribution in [0, 0.1) is 46.3 Å². The number of aliphatic hydroxyl groups is 6. The smallest absolute Gasteiger partial charge is 0.187 e. The third-order valence-corrected chi connectivity index (χ3v) is 17.7. The lowest BCUT2D eigenvalue weighted by Crippen LogP contribution is -2.95. The average molecular weight is 808 g/mol. The van der Waals surface area contributed by atoms with Crippen LogP contribution in [0.5, 0.6) is 0 Å². The zero-order valence-corrected chi connectivity index (χ0v) is 33.6. The van der Waals surface area contributed by atoms with Gasteiger partial charge in [0.25, 0.3) is 0 Å². The molecule has 0 aromatic heterocycles. The molecular weight excluding hydrogens is 745 g/mol. The number of hydrogen-bond donors (Lipinski definition) is 8. The number of aliphatic hydroxyl groups excluding tert-OH is 5. The Hall–Kier alpha value is -1.04. The van der Waals surface area contributed by atoms with Crippen molar-refractivity contribution in [2.45, 2.75) is 139 Å². The molecule has 0 aromatic rings. The van der Waals surface area contributed by atoms with Crippen molar-refractivity contribution in [3.63, 3.8) is 0 Å². The van der Waals surface area contributed by atoms with Gasteiger partial charge in [-0.05, 0) is 86.2 Å². The molecule has 6 bridgehead atoms. The van der Waals surface area contributed by atoms with E-state index >= 15 is 4.79 Å². The molecule has 14 atom stereocenters. The lowest BCUT2D eigenvalue weighted by Gasteiger charge is -2.54. The quantitative estimate of drug-likeness (QED) is 0.193. The van der Waals surface area contributed by atoms with Crippen LogP contribution in [-0.4, -0.2) is 116 Å². The summed E-state index contributed by atoms with van der Waals surface area (Å²) in [5.41, 5.74) is -2.99. The van der Waals surface area contributed by atoms with E-state index in [0.717, 1.165) is 76.3 Å². The molecule has 7 fully saturated rings. The lowest BCUT2D eigenvalue weighted by molar-refractivity contribution is -0.705. The molecule has 308 valence electrons. The van der Waals surface area contributed by atoms with Gasteiger partial charge in [0.05, 0.1) is 37.0 Å². The Labute approximate surface area is 332 Å². The molecule has 8 rings (SSSR count). The minimum absolute atomic E-state index is 0.0821. The maximum atomic E-state index is 15.3. The molecule has 3 aliphatic heterocycles. The number of piperidine rings is 1. The van der Waals surface area contributed by atoms with Crippen LogP contribution >= 0.6 is 21.6 Å². The van der Waals surface area contributed by atoms with Crippen molar-refractivity contribution in [3.8, 4) is 0 Å². The topological polar surface area (TPSA) is 203 Å². The van der Waals surface area contributed by atoms with Gasteiger partial charge in [0, 0.05) is 31.1 Å². The molecule has 5 aliphatic carbocycles. The van der Waals surface area contributed by atoms with E-state index in [9.17, 15) is 35.4 Å². The summed E-state index contributed by atoms with van der Waals surface area (Å²) in [6, 6.07) is 0. The summed E-state index contributed by atoms with van der Waals surface area (Å²) in [6.07, 6.45) is 8.85. The Morgan fingerprint density at radius 3 is 2.47 bits per heavy atom. The zero-order valence-electron chi connectivity index (χ0n) is 31.9. The Kier molecular flexibility index (Phi) is 12.3. The van der Waals surface area contributed by atoms with E-state index in [-0.39, 0.29) is 59.5 Å². The van der Waals surface area contributed by atoms with Crippen molar-refractivity contribution in [1.29, 1.82) is 0 Å². The highest BCUT2D eigenvalue weighted by Gasteiger charge is 2.65. The third-order valence-electron chi connectivity index (χ3n) is 15.4. The number of carbonyl (C=O) groups is 2. The van der Waals surface area contributed by atoms with Crippen molar-refractivity contribution in [3.05, 3.63) is 23.5 Å². The minimum Gasteiger partial charge on any atom is -0.511 e. The van der Waals surface area contributed by atoms with E-state index < -0.39 is 66.1 Å². The van der Waals surface area contributed by atoms with Gasteiger partial charge in [-0.1, -0.05) is 59.8 Å². The predicted molar refractivity (Wildman–Crippen MR) is 207 cm³/mol. The summed E-state index contributed by atoms with van der Waals surface area (Å²) in [5.74, 6) is -1.16. The average Bonchev–Trinajstić information content (AvgIpc) is 3.67. The van der Waals surface area contributed by atoms with Gasteiger partial charge in [-0.2, -0.15) is 0 Å². The van der Waals surface area contributed by atoms with E-state index in [4.69, 9.17) is 9.47 Å². The van der Waals surface area contributed by atoms with Gasteiger partial charge in [-0.3, -0.25) is 14.9 Å². The van der Waals surface area contributed by atoms with Crippen LogP contribution in [0.1, 0.15) is 96.3 Å². The summed E-state index contributed by atoms with van der Waals surface area (Å²) in [5, 5.41) is 74.6. The van der Waals surface area contributed by atoms with Gasteiger partial charge in [-0.15, -0.1) is 0 Å². The summed E-state index contributed by atoms with van der Waals surface area (Å²) in [6.45, 7) is 0.463. The van der Waals surface area contributed by atoms with Gasteiger partial charge in [-0.25, -0.2) is 0 Å². The minimum atomic E-state index is -2.05. The number of Topliss-reactive ketones (excluding diaryl/α,β-unsaturated/α-hetero) is 2. The number of nitrogens with one attached hydrogen (secondary N) is 1. The van der Waals surface area contributed by atoms with Gasteiger partial charge >= 0.3 is 0 Å².